The number of benzene rings is 11. The van der Waals surface area contributed by atoms with E-state index in [-0.39, 0.29) is 0 Å². The molecule has 0 saturated carbocycles. The number of hydrogen-bond donors (Lipinski definition) is 0. The van der Waals surface area contributed by atoms with Crippen molar-refractivity contribution >= 4 is 88.2 Å². The summed E-state index contributed by atoms with van der Waals surface area (Å²) in [6, 6.07) is 84.1. The summed E-state index contributed by atoms with van der Waals surface area (Å²) >= 11 is 0. The van der Waals surface area contributed by atoms with Crippen LogP contribution in [0, 0.1) is 22.7 Å². The lowest BCUT2D eigenvalue weighted by Crippen LogP contribution is -2.17. The Bertz CT molecular complexity index is 4200. The minimum absolute atomic E-state index is 0.442. The van der Waals surface area contributed by atoms with Crippen molar-refractivity contribution in [3.05, 3.63) is 247 Å². The first-order chi connectivity index (χ1) is 34.4. The molecule has 13 rings (SSSR count). The van der Waals surface area contributed by atoms with Crippen molar-refractivity contribution in [1.29, 1.82) is 10.5 Å². The molecule has 1 aromatic heterocycles. The molecule has 1 heterocycles. The number of anilines is 6. The van der Waals surface area contributed by atoms with Gasteiger partial charge in [-0.1, -0.05) is 166 Å². The maximum absolute atomic E-state index is 10.8. The summed E-state index contributed by atoms with van der Waals surface area (Å²) in [4.78, 5) is 4.59. The monoisotopic (exact) mass is 893 g/mol. The second kappa shape index (κ2) is 15.8. The van der Waals surface area contributed by atoms with Gasteiger partial charge < -0.3 is 14.4 Å². The molecule has 11 aromatic carbocycles. The van der Waals surface area contributed by atoms with E-state index in [1.165, 1.54) is 22.1 Å². The maximum atomic E-state index is 10.8. The molecule has 0 atom stereocenters. The van der Waals surface area contributed by atoms with Crippen molar-refractivity contribution in [3.8, 4) is 29.0 Å². The van der Waals surface area contributed by atoms with Crippen LogP contribution in [0.1, 0.15) is 36.1 Å². The van der Waals surface area contributed by atoms with Crippen LogP contribution in [0.4, 0.5) is 34.1 Å². The maximum Gasteiger partial charge on any atom is 0.101 e. The van der Waals surface area contributed by atoms with E-state index in [1.54, 1.807) is 0 Å². The highest BCUT2D eigenvalue weighted by molar-refractivity contribution is 6.28. The lowest BCUT2D eigenvalue weighted by Gasteiger charge is -2.30. The third-order valence-corrected chi connectivity index (χ3v) is 14.5. The summed E-state index contributed by atoms with van der Waals surface area (Å²) in [5, 5.41) is 30.6. The van der Waals surface area contributed by atoms with Crippen molar-refractivity contribution in [3.63, 3.8) is 0 Å². The number of fused-ring (bicyclic) bond motifs is 11. The Balaban J connectivity index is 1.23. The molecule has 0 saturated heterocycles. The Hall–Kier alpha value is -9.42. The summed E-state index contributed by atoms with van der Waals surface area (Å²) in [5.74, 6) is 0. The summed E-state index contributed by atoms with van der Waals surface area (Å²) < 4.78 is 2.44. The molecule has 12 aromatic rings. The van der Waals surface area contributed by atoms with Crippen LogP contribution in [-0.4, -0.2) is 4.57 Å². The minimum atomic E-state index is -0.442. The van der Waals surface area contributed by atoms with Crippen molar-refractivity contribution < 1.29 is 0 Å². The number of hydrogen-bond acceptors (Lipinski definition) is 4. The van der Waals surface area contributed by atoms with Gasteiger partial charge in [0.2, 0.25) is 0 Å². The number of para-hydroxylation sites is 3. The zero-order valence-electron chi connectivity index (χ0n) is 38.6. The first kappa shape index (κ1) is 40.8. The van der Waals surface area contributed by atoms with Gasteiger partial charge in [-0.25, -0.2) is 0 Å². The van der Waals surface area contributed by atoms with E-state index in [9.17, 15) is 10.5 Å². The van der Waals surface area contributed by atoms with E-state index in [0.717, 1.165) is 94.1 Å². The van der Waals surface area contributed by atoms with Crippen molar-refractivity contribution in [2.24, 2.45) is 0 Å². The number of aromatic nitrogens is 1. The fraction of sp³-hybridized carbons (Fsp3) is 0.0462. The van der Waals surface area contributed by atoms with Crippen LogP contribution in [0.15, 0.2) is 224 Å². The quantitative estimate of drug-likeness (QED) is 0.160. The summed E-state index contributed by atoms with van der Waals surface area (Å²) in [6.07, 6.45) is 0. The molecule has 0 N–H and O–H groups in total. The molecule has 0 radical (unpaired) electrons. The SMILES string of the molecule is CC1(C)c2ccccc2-c2c(N(c3ccc4ccccc4c3)c3ccccc3C#N)cc3c(c21)c1c2ccccc2c(N(c2ccc4ccccc4c2)c2ccccc2C#N)cc1n3-c1ccccc1. The first-order valence-corrected chi connectivity index (χ1v) is 23.7. The molecule has 1 aliphatic carbocycles. The van der Waals surface area contributed by atoms with Crippen LogP contribution in [0.5, 0.6) is 0 Å². The average molecular weight is 894 g/mol. The van der Waals surface area contributed by atoms with Crippen LogP contribution in [0.25, 0.3) is 70.9 Å². The average Bonchev–Trinajstić information content (AvgIpc) is 3.87. The molecule has 5 heteroatoms. The van der Waals surface area contributed by atoms with Crippen LogP contribution in [0.3, 0.4) is 0 Å². The van der Waals surface area contributed by atoms with E-state index >= 15 is 0 Å². The predicted octanol–water partition coefficient (Wildman–Crippen LogP) is 17.2. The van der Waals surface area contributed by atoms with E-state index in [4.69, 9.17) is 0 Å². The molecule has 328 valence electrons. The van der Waals surface area contributed by atoms with Crippen LogP contribution in [-0.2, 0) is 5.41 Å². The fourth-order valence-electron chi connectivity index (χ4n) is 11.5. The number of rotatable bonds is 7. The second-order valence-corrected chi connectivity index (χ2v) is 18.7. The van der Waals surface area contributed by atoms with Crippen LogP contribution in [0.2, 0.25) is 0 Å². The third-order valence-electron chi connectivity index (χ3n) is 14.5. The summed E-state index contributed by atoms with van der Waals surface area (Å²) in [7, 11) is 0. The lowest BCUT2D eigenvalue weighted by molar-refractivity contribution is 0.666. The molecule has 1 aliphatic rings. The summed E-state index contributed by atoms with van der Waals surface area (Å²) in [6.45, 7) is 4.74. The molecule has 5 nitrogen and oxygen atoms in total. The Morgan fingerprint density at radius 3 is 1.53 bits per heavy atom. The summed E-state index contributed by atoms with van der Waals surface area (Å²) in [5.41, 5.74) is 14.1. The smallest absolute Gasteiger partial charge is 0.101 e. The Morgan fingerprint density at radius 2 is 0.900 bits per heavy atom. The van der Waals surface area contributed by atoms with Gasteiger partial charge in [-0.2, -0.15) is 10.5 Å². The highest BCUT2D eigenvalue weighted by Gasteiger charge is 2.42. The Kier molecular flexibility index (Phi) is 9.24. The Labute approximate surface area is 406 Å². The molecular formula is C65H43N5. The molecule has 70 heavy (non-hydrogen) atoms. The third kappa shape index (κ3) is 6.09. The molecule has 0 unspecified atom stereocenters. The zero-order valence-corrected chi connectivity index (χ0v) is 38.6. The van der Waals surface area contributed by atoms with Gasteiger partial charge in [0.1, 0.15) is 12.1 Å². The van der Waals surface area contributed by atoms with Crippen molar-refractivity contribution in [1.82, 2.24) is 4.57 Å². The van der Waals surface area contributed by atoms with Gasteiger partial charge in [0.25, 0.3) is 0 Å². The fourth-order valence-corrected chi connectivity index (χ4v) is 11.5. The van der Waals surface area contributed by atoms with E-state index in [1.807, 2.05) is 36.4 Å². The first-order valence-electron chi connectivity index (χ1n) is 23.7. The molecular weight excluding hydrogens is 851 g/mol. The normalized spacial score (nSPS) is 12.5. The van der Waals surface area contributed by atoms with Gasteiger partial charge >= 0.3 is 0 Å². The largest absolute Gasteiger partial charge is 0.309 e. The molecule has 0 bridgehead atoms. The van der Waals surface area contributed by atoms with Crippen molar-refractivity contribution in [2.45, 2.75) is 19.3 Å². The highest BCUT2D eigenvalue weighted by Crippen LogP contribution is 2.59. The predicted molar refractivity (Wildman–Crippen MR) is 290 cm³/mol. The molecule has 0 amide bonds. The van der Waals surface area contributed by atoms with E-state index in [0.29, 0.717) is 11.1 Å². The van der Waals surface area contributed by atoms with E-state index < -0.39 is 5.41 Å². The zero-order chi connectivity index (χ0) is 47.1. The topological polar surface area (TPSA) is 59.0 Å². The van der Waals surface area contributed by atoms with E-state index in [2.05, 4.69) is 228 Å². The molecule has 0 aliphatic heterocycles. The van der Waals surface area contributed by atoms with Gasteiger partial charge in [0.05, 0.1) is 44.9 Å². The highest BCUT2D eigenvalue weighted by atomic mass is 15.2. The van der Waals surface area contributed by atoms with Crippen LogP contribution < -0.4 is 9.80 Å². The lowest BCUT2D eigenvalue weighted by atomic mass is 9.80. The standard InChI is InChI=1S/C65H43N5/c1-65(2)54-29-15-14-28-53(54)62-59(70(56-31-17-11-23-47(56)41-67)50-35-33-43-19-7-9-21-45(43)37-50)39-60-63(64(62)65)61-52-27-13-12-26-51(52)57(38-58(61)68(60)48-24-4-3-5-25-48)69(55-30-16-10-22-46(55)40-66)49-34-32-42-18-6-8-20-44(42)36-49/h3-39H,1-2H3. The van der Waals surface area contributed by atoms with Gasteiger partial charge in [0, 0.05) is 44.2 Å². The Morgan fingerprint density at radius 1 is 0.414 bits per heavy atom. The van der Waals surface area contributed by atoms with Gasteiger partial charge in [0.15, 0.2) is 0 Å². The van der Waals surface area contributed by atoms with Crippen LogP contribution >= 0.6 is 0 Å². The van der Waals surface area contributed by atoms with Gasteiger partial charge in [-0.15, -0.1) is 0 Å². The number of nitrogens with zero attached hydrogens (tertiary/aromatic N) is 5. The second-order valence-electron chi connectivity index (χ2n) is 18.7. The number of nitriles is 2. The van der Waals surface area contributed by atoms with Gasteiger partial charge in [-0.3, -0.25) is 0 Å². The van der Waals surface area contributed by atoms with Gasteiger partial charge in [-0.05, 0) is 116 Å². The minimum Gasteiger partial charge on any atom is -0.309 e. The molecule has 0 spiro atoms. The van der Waals surface area contributed by atoms with Crippen molar-refractivity contribution in [2.75, 3.05) is 9.80 Å². The molecule has 0 fully saturated rings.